The van der Waals surface area contributed by atoms with E-state index in [0.29, 0.717) is 6.42 Å². The van der Waals surface area contributed by atoms with Crippen LogP contribution in [0.25, 0.3) is 21.5 Å². The smallest absolute Gasteiger partial charge is 0.210 e. The highest BCUT2D eigenvalue weighted by atomic mass is 16.2. The summed E-state index contributed by atoms with van der Waals surface area (Å²) in [5.41, 5.74) is 1.63. The summed E-state index contributed by atoms with van der Waals surface area (Å²) in [6.07, 6.45) is 0.438. The second-order valence-electron chi connectivity index (χ2n) is 7.75. The molecule has 3 nitrogen and oxygen atoms in total. The van der Waals surface area contributed by atoms with Gasteiger partial charge in [-0.25, -0.2) is 0 Å². The highest BCUT2D eigenvalue weighted by molar-refractivity contribution is 6.40. The lowest BCUT2D eigenvalue weighted by Gasteiger charge is -2.20. The van der Waals surface area contributed by atoms with Gasteiger partial charge in [0.15, 0.2) is 5.78 Å². The molecule has 0 amide bonds. The monoisotopic (exact) mass is 408 g/mol. The van der Waals surface area contributed by atoms with Crippen molar-refractivity contribution in [1.82, 2.24) is 0 Å². The second kappa shape index (κ2) is 9.05. The summed E-state index contributed by atoms with van der Waals surface area (Å²) in [4.78, 5) is 38.2. The zero-order valence-electron chi connectivity index (χ0n) is 17.5. The molecule has 0 heterocycles. The number of hydrogen-bond donors (Lipinski definition) is 0. The molecule has 0 aliphatic carbocycles. The number of ketones is 3. The van der Waals surface area contributed by atoms with Gasteiger partial charge in [0.05, 0.1) is 5.92 Å². The summed E-state index contributed by atoms with van der Waals surface area (Å²) in [6.45, 7) is 1.77. The first-order valence-corrected chi connectivity index (χ1v) is 10.6. The van der Waals surface area contributed by atoms with Gasteiger partial charge in [0.1, 0.15) is 5.78 Å². The molecule has 4 aromatic rings. The largest absolute Gasteiger partial charge is 0.300 e. The van der Waals surface area contributed by atoms with E-state index in [1.807, 2.05) is 84.9 Å². The van der Waals surface area contributed by atoms with Crippen molar-refractivity contribution in [3.8, 4) is 0 Å². The number of Topliss-reactive ketones (excluding diaryl/α,β-unsaturated/α-hetero) is 3. The molecule has 154 valence electrons. The summed E-state index contributed by atoms with van der Waals surface area (Å²) in [6, 6.07) is 27.5. The quantitative estimate of drug-likeness (QED) is 0.335. The van der Waals surface area contributed by atoms with Crippen LogP contribution in [0.1, 0.15) is 43.2 Å². The first-order chi connectivity index (χ1) is 15.1. The number of benzene rings is 4. The highest BCUT2D eigenvalue weighted by Gasteiger charge is 2.30. The Kier molecular flexibility index (Phi) is 6.03. The van der Waals surface area contributed by atoms with Crippen molar-refractivity contribution in [2.45, 2.75) is 32.1 Å². The molecule has 31 heavy (non-hydrogen) atoms. The van der Waals surface area contributed by atoms with Gasteiger partial charge in [-0.05, 0) is 32.7 Å². The second-order valence-corrected chi connectivity index (χ2v) is 7.75. The van der Waals surface area contributed by atoms with E-state index in [4.69, 9.17) is 0 Å². The maximum atomic E-state index is 13.6. The van der Waals surface area contributed by atoms with Gasteiger partial charge in [-0.2, -0.15) is 0 Å². The van der Waals surface area contributed by atoms with Crippen molar-refractivity contribution < 1.29 is 14.4 Å². The van der Waals surface area contributed by atoms with Gasteiger partial charge in [0.2, 0.25) is 5.78 Å². The third kappa shape index (κ3) is 4.17. The summed E-state index contributed by atoms with van der Waals surface area (Å²) in [7, 11) is 0. The Morgan fingerprint density at radius 3 is 1.65 bits per heavy atom. The predicted molar refractivity (Wildman–Crippen MR) is 124 cm³/mol. The van der Waals surface area contributed by atoms with Crippen LogP contribution in [0.2, 0.25) is 0 Å². The van der Waals surface area contributed by atoms with Crippen LogP contribution in [0.4, 0.5) is 0 Å². The summed E-state index contributed by atoms with van der Waals surface area (Å²) in [5, 5.41) is 3.95. The number of carbonyl (C=O) groups excluding carboxylic acids is 3. The molecular formula is C28H24O3. The Hall–Kier alpha value is -3.59. The molecule has 0 unspecified atom stereocenters. The Balaban J connectivity index is 1.88. The fourth-order valence-corrected chi connectivity index (χ4v) is 4.17. The van der Waals surface area contributed by atoms with E-state index in [9.17, 15) is 14.4 Å². The van der Waals surface area contributed by atoms with Crippen molar-refractivity contribution in [3.63, 3.8) is 0 Å². The zero-order valence-corrected chi connectivity index (χ0v) is 17.5. The molecule has 0 fully saturated rings. The summed E-state index contributed by atoms with van der Waals surface area (Å²) < 4.78 is 0. The SMILES string of the molecule is CCC(=O)CCC(=O)C(=O)C(c1cccc2ccccc12)c1cccc2ccccc12. The van der Waals surface area contributed by atoms with Crippen LogP contribution in [0.5, 0.6) is 0 Å². The summed E-state index contributed by atoms with van der Waals surface area (Å²) >= 11 is 0. The van der Waals surface area contributed by atoms with Gasteiger partial charge in [-0.1, -0.05) is 91.9 Å². The van der Waals surface area contributed by atoms with Crippen LogP contribution in [-0.2, 0) is 14.4 Å². The van der Waals surface area contributed by atoms with E-state index >= 15 is 0 Å². The Morgan fingerprint density at radius 1 is 0.645 bits per heavy atom. The maximum Gasteiger partial charge on any atom is 0.210 e. The van der Waals surface area contributed by atoms with Crippen LogP contribution < -0.4 is 0 Å². The Labute approximate surface area is 181 Å². The zero-order chi connectivity index (χ0) is 21.8. The molecule has 4 rings (SSSR count). The first-order valence-electron chi connectivity index (χ1n) is 10.6. The van der Waals surface area contributed by atoms with E-state index in [1.165, 1.54) is 0 Å². The lowest BCUT2D eigenvalue weighted by Crippen LogP contribution is -2.24. The minimum Gasteiger partial charge on any atom is -0.300 e. The molecule has 0 aromatic heterocycles. The van der Waals surface area contributed by atoms with Gasteiger partial charge in [0.25, 0.3) is 0 Å². The van der Waals surface area contributed by atoms with Crippen LogP contribution in [-0.4, -0.2) is 17.3 Å². The lowest BCUT2D eigenvalue weighted by atomic mass is 9.81. The van der Waals surface area contributed by atoms with E-state index in [0.717, 1.165) is 32.7 Å². The predicted octanol–water partition coefficient (Wildman–Crippen LogP) is 6.02. The Bertz CT molecular complexity index is 1200. The average molecular weight is 408 g/mol. The molecule has 0 radical (unpaired) electrons. The molecule has 0 atom stereocenters. The van der Waals surface area contributed by atoms with Gasteiger partial charge < -0.3 is 0 Å². The van der Waals surface area contributed by atoms with Gasteiger partial charge in [0, 0.05) is 19.3 Å². The van der Waals surface area contributed by atoms with E-state index in [2.05, 4.69) is 0 Å². The maximum absolute atomic E-state index is 13.6. The van der Waals surface area contributed by atoms with Gasteiger partial charge in [-0.3, -0.25) is 14.4 Å². The lowest BCUT2D eigenvalue weighted by molar-refractivity contribution is -0.137. The van der Waals surface area contributed by atoms with Crippen molar-refractivity contribution in [2.75, 3.05) is 0 Å². The first kappa shape index (κ1) is 20.7. The fourth-order valence-electron chi connectivity index (χ4n) is 4.17. The van der Waals surface area contributed by atoms with Crippen molar-refractivity contribution in [1.29, 1.82) is 0 Å². The van der Waals surface area contributed by atoms with E-state index in [1.54, 1.807) is 6.92 Å². The molecular weight excluding hydrogens is 384 g/mol. The third-order valence-electron chi connectivity index (χ3n) is 5.83. The number of hydrogen-bond acceptors (Lipinski definition) is 3. The minimum absolute atomic E-state index is 0.00646. The highest BCUT2D eigenvalue weighted by Crippen LogP contribution is 2.35. The number of rotatable bonds is 8. The average Bonchev–Trinajstić information content (AvgIpc) is 2.82. The molecule has 3 heteroatoms. The molecule has 0 saturated carbocycles. The van der Waals surface area contributed by atoms with E-state index in [-0.39, 0.29) is 18.6 Å². The van der Waals surface area contributed by atoms with Crippen LogP contribution in [0.15, 0.2) is 84.9 Å². The summed E-state index contributed by atoms with van der Waals surface area (Å²) in [5.74, 6) is -1.68. The van der Waals surface area contributed by atoms with Crippen molar-refractivity contribution in [3.05, 3.63) is 96.1 Å². The van der Waals surface area contributed by atoms with Crippen LogP contribution >= 0.6 is 0 Å². The standard InChI is InChI=1S/C28H24O3/c1-2-21(29)17-18-26(30)28(31)27(24-15-7-11-19-9-3-5-13-22(19)24)25-16-8-12-20-10-4-6-14-23(20)25/h3-16,27H,2,17-18H2,1H3. The Morgan fingerprint density at radius 2 is 1.13 bits per heavy atom. The molecule has 4 aromatic carbocycles. The molecule has 0 aliphatic rings. The molecule has 0 N–H and O–H groups in total. The fraction of sp³-hybridized carbons (Fsp3) is 0.179. The van der Waals surface area contributed by atoms with Crippen molar-refractivity contribution in [2.24, 2.45) is 0 Å². The number of carbonyl (C=O) groups is 3. The van der Waals surface area contributed by atoms with Gasteiger partial charge in [-0.15, -0.1) is 0 Å². The number of fused-ring (bicyclic) bond motifs is 2. The molecule has 0 aliphatic heterocycles. The topological polar surface area (TPSA) is 51.2 Å². The van der Waals surface area contributed by atoms with E-state index < -0.39 is 17.5 Å². The van der Waals surface area contributed by atoms with Gasteiger partial charge >= 0.3 is 0 Å². The minimum atomic E-state index is -0.721. The van der Waals surface area contributed by atoms with Crippen LogP contribution in [0, 0.1) is 0 Å². The molecule has 0 bridgehead atoms. The third-order valence-corrected chi connectivity index (χ3v) is 5.83. The normalized spacial score (nSPS) is 11.2. The van der Waals surface area contributed by atoms with Crippen molar-refractivity contribution >= 4 is 38.9 Å². The molecule has 0 spiro atoms. The van der Waals surface area contributed by atoms with Crippen LogP contribution in [0.3, 0.4) is 0 Å². The molecule has 0 saturated heterocycles.